The molecule has 0 aromatic heterocycles. The molecule has 0 heterocycles. The number of ether oxygens (including phenoxy) is 1. The molecule has 0 saturated heterocycles. The fourth-order valence-corrected chi connectivity index (χ4v) is 3.35. The highest BCUT2D eigenvalue weighted by atomic mass is 16.5. The van der Waals surface area contributed by atoms with Crippen molar-refractivity contribution in [3.63, 3.8) is 0 Å². The molecule has 0 saturated carbocycles. The number of carbonyl (C=O) groups is 1. The molecule has 132 valence electrons. The van der Waals surface area contributed by atoms with E-state index in [4.69, 9.17) is 9.84 Å². The van der Waals surface area contributed by atoms with E-state index in [0.717, 1.165) is 38.0 Å². The molecule has 4 heteroatoms. The summed E-state index contributed by atoms with van der Waals surface area (Å²) in [7, 11) is 0. The topological polar surface area (TPSA) is 58.6 Å². The summed E-state index contributed by atoms with van der Waals surface area (Å²) in [5.41, 5.74) is 4.10. The first-order valence-electron chi connectivity index (χ1n) is 8.96. The van der Waals surface area contributed by atoms with Crippen LogP contribution in [0.2, 0.25) is 0 Å². The molecular formula is C21H25NO3. The summed E-state index contributed by atoms with van der Waals surface area (Å²) < 4.78 is 6.09. The minimum Gasteiger partial charge on any atom is -0.478 e. The van der Waals surface area contributed by atoms with Crippen molar-refractivity contribution in [2.24, 2.45) is 0 Å². The van der Waals surface area contributed by atoms with Gasteiger partial charge in [0.2, 0.25) is 0 Å². The zero-order valence-corrected chi connectivity index (χ0v) is 14.4. The number of hydrogen-bond donors (Lipinski definition) is 2. The Morgan fingerprint density at radius 1 is 1.20 bits per heavy atom. The van der Waals surface area contributed by atoms with Crippen LogP contribution in [-0.4, -0.2) is 24.2 Å². The summed E-state index contributed by atoms with van der Waals surface area (Å²) in [5.74, 6) is -0.886. The van der Waals surface area contributed by atoms with E-state index >= 15 is 0 Å². The summed E-state index contributed by atoms with van der Waals surface area (Å²) >= 11 is 0. The van der Waals surface area contributed by atoms with Crippen LogP contribution in [0.5, 0.6) is 0 Å². The Balaban J connectivity index is 1.37. The van der Waals surface area contributed by atoms with Crippen molar-refractivity contribution in [3.8, 4) is 0 Å². The van der Waals surface area contributed by atoms with Crippen LogP contribution in [0.3, 0.4) is 0 Å². The molecule has 1 aliphatic rings. The maximum Gasteiger partial charge on any atom is 0.335 e. The third-order valence-electron chi connectivity index (χ3n) is 4.63. The van der Waals surface area contributed by atoms with Crippen LogP contribution < -0.4 is 5.32 Å². The molecule has 2 N–H and O–H groups in total. The normalized spacial score (nSPS) is 16.4. The third-order valence-corrected chi connectivity index (χ3v) is 4.63. The molecule has 1 atom stereocenters. The molecule has 3 rings (SSSR count). The minimum atomic E-state index is -0.886. The van der Waals surface area contributed by atoms with Gasteiger partial charge in [-0.2, -0.15) is 0 Å². The molecule has 0 aliphatic heterocycles. The van der Waals surface area contributed by atoms with Crippen LogP contribution in [-0.2, 0) is 17.7 Å². The molecule has 2 aromatic rings. The maximum absolute atomic E-state index is 11.0. The van der Waals surface area contributed by atoms with E-state index in [0.29, 0.717) is 12.1 Å². The number of carboxylic acids is 1. The highest BCUT2D eigenvalue weighted by molar-refractivity contribution is 5.87. The molecule has 4 nitrogen and oxygen atoms in total. The van der Waals surface area contributed by atoms with Gasteiger partial charge in [0.1, 0.15) is 0 Å². The Bertz CT molecular complexity index is 714. The Hall–Kier alpha value is -2.17. The second-order valence-electron chi connectivity index (χ2n) is 6.49. The van der Waals surface area contributed by atoms with E-state index in [-0.39, 0.29) is 6.10 Å². The highest BCUT2D eigenvalue weighted by Gasteiger charge is 2.19. The van der Waals surface area contributed by atoms with Gasteiger partial charge in [0.25, 0.3) is 0 Å². The van der Waals surface area contributed by atoms with Crippen molar-refractivity contribution in [2.45, 2.75) is 38.3 Å². The first-order valence-corrected chi connectivity index (χ1v) is 8.96. The monoisotopic (exact) mass is 339 g/mol. The van der Waals surface area contributed by atoms with E-state index < -0.39 is 5.97 Å². The SMILES string of the molecule is O=C(O)c1cccc(CNCCCOC2CCCc3ccccc32)c1. The summed E-state index contributed by atoms with van der Waals surface area (Å²) in [6, 6.07) is 15.6. The quantitative estimate of drug-likeness (QED) is 0.715. The van der Waals surface area contributed by atoms with E-state index in [2.05, 4.69) is 29.6 Å². The first-order chi connectivity index (χ1) is 12.2. The predicted molar refractivity (Wildman–Crippen MR) is 97.8 cm³/mol. The average molecular weight is 339 g/mol. The summed E-state index contributed by atoms with van der Waals surface area (Å²) in [4.78, 5) is 11.0. The highest BCUT2D eigenvalue weighted by Crippen LogP contribution is 2.32. The van der Waals surface area contributed by atoms with E-state index in [1.807, 2.05) is 6.07 Å². The number of aryl methyl sites for hydroxylation is 1. The molecule has 0 amide bonds. The molecule has 0 fully saturated rings. The van der Waals surface area contributed by atoms with Crippen LogP contribution in [0.25, 0.3) is 0 Å². The van der Waals surface area contributed by atoms with Gasteiger partial charge in [-0.25, -0.2) is 4.79 Å². The Kier molecular flexibility index (Phi) is 6.20. The van der Waals surface area contributed by atoms with Gasteiger partial charge in [-0.3, -0.25) is 0 Å². The van der Waals surface area contributed by atoms with Crippen molar-refractivity contribution in [2.75, 3.05) is 13.2 Å². The Morgan fingerprint density at radius 3 is 2.96 bits per heavy atom. The molecule has 0 spiro atoms. The van der Waals surface area contributed by atoms with Gasteiger partial charge in [0.05, 0.1) is 11.7 Å². The zero-order valence-electron chi connectivity index (χ0n) is 14.4. The Morgan fingerprint density at radius 2 is 2.08 bits per heavy atom. The van der Waals surface area contributed by atoms with Crippen molar-refractivity contribution in [1.82, 2.24) is 5.32 Å². The van der Waals surface area contributed by atoms with Crippen molar-refractivity contribution in [1.29, 1.82) is 0 Å². The number of rotatable bonds is 8. The smallest absolute Gasteiger partial charge is 0.335 e. The van der Waals surface area contributed by atoms with Crippen LogP contribution in [0.15, 0.2) is 48.5 Å². The fourth-order valence-electron chi connectivity index (χ4n) is 3.35. The van der Waals surface area contributed by atoms with Gasteiger partial charge in [-0.1, -0.05) is 36.4 Å². The lowest BCUT2D eigenvalue weighted by atomic mass is 9.89. The van der Waals surface area contributed by atoms with Crippen LogP contribution in [0, 0.1) is 0 Å². The predicted octanol–water partition coefficient (Wildman–Crippen LogP) is 3.96. The van der Waals surface area contributed by atoms with Gasteiger partial charge in [-0.15, -0.1) is 0 Å². The number of aromatic carboxylic acids is 1. The number of hydrogen-bond acceptors (Lipinski definition) is 3. The zero-order chi connectivity index (χ0) is 17.5. The number of nitrogens with one attached hydrogen (secondary N) is 1. The summed E-state index contributed by atoms with van der Waals surface area (Å²) in [5, 5.41) is 12.4. The molecule has 0 bridgehead atoms. The largest absolute Gasteiger partial charge is 0.478 e. The van der Waals surface area contributed by atoms with Crippen molar-refractivity contribution >= 4 is 5.97 Å². The van der Waals surface area contributed by atoms with Gasteiger partial charge < -0.3 is 15.2 Å². The number of benzene rings is 2. The minimum absolute atomic E-state index is 0.234. The fraction of sp³-hybridized carbons (Fsp3) is 0.381. The third kappa shape index (κ3) is 4.91. The lowest BCUT2D eigenvalue weighted by Gasteiger charge is -2.25. The lowest BCUT2D eigenvalue weighted by Crippen LogP contribution is -2.18. The second-order valence-corrected chi connectivity index (χ2v) is 6.49. The van der Waals surface area contributed by atoms with Gasteiger partial charge >= 0.3 is 5.97 Å². The van der Waals surface area contributed by atoms with Crippen molar-refractivity contribution in [3.05, 3.63) is 70.8 Å². The number of carboxylic acid groups (broad SMARTS) is 1. The molecular weight excluding hydrogens is 314 g/mol. The van der Waals surface area contributed by atoms with E-state index in [1.54, 1.807) is 18.2 Å². The van der Waals surface area contributed by atoms with Gasteiger partial charge in [-0.05, 0) is 61.1 Å². The molecule has 2 aromatic carbocycles. The van der Waals surface area contributed by atoms with E-state index in [1.165, 1.54) is 17.5 Å². The van der Waals surface area contributed by atoms with E-state index in [9.17, 15) is 4.79 Å². The molecule has 1 unspecified atom stereocenters. The lowest BCUT2D eigenvalue weighted by molar-refractivity contribution is 0.0393. The van der Waals surface area contributed by atoms with Crippen molar-refractivity contribution < 1.29 is 14.6 Å². The Labute approximate surface area is 148 Å². The summed E-state index contributed by atoms with van der Waals surface area (Å²) in [6.45, 7) is 2.26. The molecule has 25 heavy (non-hydrogen) atoms. The second kappa shape index (κ2) is 8.79. The number of fused-ring (bicyclic) bond motifs is 1. The van der Waals surface area contributed by atoms with Crippen LogP contribution >= 0.6 is 0 Å². The van der Waals surface area contributed by atoms with Crippen LogP contribution in [0.4, 0.5) is 0 Å². The van der Waals surface area contributed by atoms with Crippen LogP contribution in [0.1, 0.15) is 52.4 Å². The maximum atomic E-state index is 11.0. The standard InChI is InChI=1S/C21H25NO3/c23-21(24)18-9-3-6-16(14-18)15-22-12-5-13-25-20-11-4-8-17-7-1-2-10-19(17)20/h1-3,6-7,9-10,14,20,22H,4-5,8,11-13,15H2,(H,23,24). The summed E-state index contributed by atoms with van der Waals surface area (Å²) in [6.07, 6.45) is 4.63. The first kappa shape index (κ1) is 17.6. The molecule has 1 aliphatic carbocycles. The van der Waals surface area contributed by atoms with Gasteiger partial charge in [0, 0.05) is 13.2 Å². The average Bonchev–Trinajstić information content (AvgIpc) is 2.65. The molecule has 0 radical (unpaired) electrons. The van der Waals surface area contributed by atoms with Gasteiger partial charge in [0.15, 0.2) is 0 Å².